The Hall–Kier alpha value is -6.18. The van der Waals surface area contributed by atoms with Gasteiger partial charge in [-0.05, 0) is 109 Å². The van der Waals surface area contributed by atoms with Gasteiger partial charge in [0.05, 0.1) is 5.69 Å². The second-order valence-electron chi connectivity index (χ2n) is 15.8. The summed E-state index contributed by atoms with van der Waals surface area (Å²) in [7, 11) is 0. The molecule has 1 nitrogen and oxygen atoms in total. The maximum Gasteiger partial charge on any atom is 0.0540 e. The molecule has 0 amide bonds. The van der Waals surface area contributed by atoms with E-state index in [9.17, 15) is 0 Å². The summed E-state index contributed by atoms with van der Waals surface area (Å²) in [6.45, 7) is 9.43. The summed E-state index contributed by atoms with van der Waals surface area (Å²) >= 11 is 0. The van der Waals surface area contributed by atoms with Crippen molar-refractivity contribution in [3.63, 3.8) is 0 Å². The molecule has 2 aliphatic rings. The van der Waals surface area contributed by atoms with Crippen LogP contribution in [0.3, 0.4) is 0 Å². The summed E-state index contributed by atoms with van der Waals surface area (Å²) in [6, 6.07) is 65.2. The fourth-order valence-electron chi connectivity index (χ4n) is 9.40. The van der Waals surface area contributed by atoms with Crippen LogP contribution in [0.1, 0.15) is 49.9 Å². The summed E-state index contributed by atoms with van der Waals surface area (Å²) in [4.78, 5) is 2.41. The summed E-state index contributed by atoms with van der Waals surface area (Å²) in [6.07, 6.45) is 0. The van der Waals surface area contributed by atoms with Gasteiger partial charge < -0.3 is 4.90 Å². The van der Waals surface area contributed by atoms with Crippen LogP contribution in [0.2, 0.25) is 0 Å². The first-order valence-corrected chi connectivity index (χ1v) is 18.8. The molecular formula is C52H41N. The second kappa shape index (κ2) is 11.7. The van der Waals surface area contributed by atoms with Crippen LogP contribution in [0, 0.1) is 0 Å². The van der Waals surface area contributed by atoms with Crippen LogP contribution in [-0.2, 0) is 10.8 Å². The van der Waals surface area contributed by atoms with Gasteiger partial charge >= 0.3 is 0 Å². The first-order valence-electron chi connectivity index (χ1n) is 18.8. The molecule has 1 heteroatoms. The molecule has 0 spiro atoms. The predicted octanol–water partition coefficient (Wildman–Crippen LogP) is 14.3. The van der Waals surface area contributed by atoms with Crippen molar-refractivity contribution < 1.29 is 0 Å². The van der Waals surface area contributed by atoms with E-state index in [0.29, 0.717) is 0 Å². The molecule has 0 radical (unpaired) electrons. The fraction of sp³-hybridized carbons (Fsp3) is 0.115. The maximum absolute atomic E-state index is 2.41. The molecule has 2 aliphatic carbocycles. The van der Waals surface area contributed by atoms with Crippen LogP contribution >= 0.6 is 0 Å². The third kappa shape index (κ3) is 4.77. The molecule has 0 unspecified atom stereocenters. The number of anilines is 3. The van der Waals surface area contributed by atoms with Gasteiger partial charge in [-0.1, -0.05) is 167 Å². The Morgan fingerprint density at radius 2 is 0.868 bits per heavy atom. The molecule has 0 saturated carbocycles. The van der Waals surface area contributed by atoms with Gasteiger partial charge in [-0.3, -0.25) is 0 Å². The molecule has 0 aliphatic heterocycles. The van der Waals surface area contributed by atoms with Gasteiger partial charge in [0, 0.05) is 27.6 Å². The average molecular weight is 680 g/mol. The van der Waals surface area contributed by atoms with Crippen molar-refractivity contribution in [2.75, 3.05) is 4.90 Å². The molecular weight excluding hydrogens is 639 g/mol. The van der Waals surface area contributed by atoms with Crippen molar-refractivity contribution >= 4 is 27.8 Å². The Kier molecular flexibility index (Phi) is 6.94. The van der Waals surface area contributed by atoms with Gasteiger partial charge in [0.25, 0.3) is 0 Å². The van der Waals surface area contributed by atoms with Crippen LogP contribution in [0.5, 0.6) is 0 Å². The van der Waals surface area contributed by atoms with E-state index in [4.69, 9.17) is 0 Å². The van der Waals surface area contributed by atoms with Crippen LogP contribution in [0.25, 0.3) is 55.3 Å². The fourth-order valence-corrected chi connectivity index (χ4v) is 9.40. The molecule has 0 N–H and O–H groups in total. The molecule has 0 bridgehead atoms. The number of benzene rings is 8. The lowest BCUT2D eigenvalue weighted by atomic mass is 9.79. The first-order chi connectivity index (χ1) is 25.8. The Bertz CT molecular complexity index is 2710. The van der Waals surface area contributed by atoms with Gasteiger partial charge in [0.15, 0.2) is 0 Å². The summed E-state index contributed by atoms with van der Waals surface area (Å²) in [5.74, 6) is 0. The molecule has 0 heterocycles. The van der Waals surface area contributed by atoms with Gasteiger partial charge in [-0.15, -0.1) is 0 Å². The minimum absolute atomic E-state index is 0.0290. The van der Waals surface area contributed by atoms with Gasteiger partial charge in [-0.25, -0.2) is 0 Å². The number of nitrogens with zero attached hydrogens (tertiary/aromatic N) is 1. The van der Waals surface area contributed by atoms with E-state index in [1.165, 1.54) is 77.5 Å². The van der Waals surface area contributed by atoms with E-state index in [-0.39, 0.29) is 10.8 Å². The van der Waals surface area contributed by atoms with E-state index in [1.807, 2.05) is 0 Å². The van der Waals surface area contributed by atoms with Crippen LogP contribution in [0.15, 0.2) is 176 Å². The third-order valence-corrected chi connectivity index (χ3v) is 12.1. The SMILES string of the molecule is CC1(C)c2ccccc2-c2ccc(-c3ccc(N(c4ccc(-c5cccc6c5C(C)(C)c5ccccc5-6)cc4)c4cccc5ccccc45)cc3)cc21. The lowest BCUT2D eigenvalue weighted by molar-refractivity contribution is 0.660. The van der Waals surface area contributed by atoms with Crippen LogP contribution in [0.4, 0.5) is 17.1 Å². The highest BCUT2D eigenvalue weighted by atomic mass is 15.1. The summed E-state index contributed by atoms with van der Waals surface area (Å²) in [5, 5.41) is 2.45. The van der Waals surface area contributed by atoms with Gasteiger partial charge in [-0.2, -0.15) is 0 Å². The molecule has 8 aromatic carbocycles. The maximum atomic E-state index is 2.41. The Balaban J connectivity index is 1.05. The van der Waals surface area contributed by atoms with Crippen molar-refractivity contribution in [3.8, 4) is 44.5 Å². The largest absolute Gasteiger partial charge is 0.310 e. The molecule has 0 atom stereocenters. The van der Waals surface area contributed by atoms with E-state index in [0.717, 1.165) is 17.1 Å². The number of hydrogen-bond donors (Lipinski definition) is 0. The zero-order valence-corrected chi connectivity index (χ0v) is 30.7. The number of rotatable bonds is 5. The topological polar surface area (TPSA) is 3.24 Å². The van der Waals surface area contributed by atoms with E-state index < -0.39 is 0 Å². The summed E-state index contributed by atoms with van der Waals surface area (Å²) < 4.78 is 0. The predicted molar refractivity (Wildman–Crippen MR) is 225 cm³/mol. The highest BCUT2D eigenvalue weighted by Crippen LogP contribution is 2.53. The lowest BCUT2D eigenvalue weighted by Gasteiger charge is -2.28. The molecule has 0 aromatic heterocycles. The smallest absolute Gasteiger partial charge is 0.0540 e. The Morgan fingerprint density at radius 1 is 0.358 bits per heavy atom. The van der Waals surface area contributed by atoms with Gasteiger partial charge in [0.2, 0.25) is 0 Å². The molecule has 10 rings (SSSR count). The van der Waals surface area contributed by atoms with Crippen molar-refractivity contribution in [3.05, 3.63) is 198 Å². The average Bonchev–Trinajstić information content (AvgIpc) is 3.58. The number of hydrogen-bond acceptors (Lipinski definition) is 1. The van der Waals surface area contributed by atoms with E-state index >= 15 is 0 Å². The quantitative estimate of drug-likeness (QED) is 0.175. The normalized spacial score (nSPS) is 14.3. The van der Waals surface area contributed by atoms with Gasteiger partial charge in [0.1, 0.15) is 0 Å². The standard InChI is InChI=1S/C52H41N/c1-51(2)46-20-9-7-16-42(46)44-32-27-37(33-48(44)51)34-23-28-38(29-24-34)53(49-22-11-14-35-13-5-6-15-40(35)49)39-30-25-36(26-31-39)41-18-12-19-45-43-17-8-10-21-47(43)52(3,4)50(41)45/h5-33H,1-4H3. The zero-order chi connectivity index (χ0) is 35.9. The van der Waals surface area contributed by atoms with Crippen LogP contribution < -0.4 is 4.90 Å². The number of fused-ring (bicyclic) bond motifs is 7. The summed E-state index contributed by atoms with van der Waals surface area (Å²) in [5.41, 5.74) is 19.4. The van der Waals surface area contributed by atoms with Crippen molar-refractivity contribution in [2.24, 2.45) is 0 Å². The minimum Gasteiger partial charge on any atom is -0.310 e. The molecule has 53 heavy (non-hydrogen) atoms. The van der Waals surface area contributed by atoms with Crippen LogP contribution in [-0.4, -0.2) is 0 Å². The Labute approximate surface area is 312 Å². The van der Waals surface area contributed by atoms with Crippen molar-refractivity contribution in [1.29, 1.82) is 0 Å². The third-order valence-electron chi connectivity index (χ3n) is 12.1. The Morgan fingerprint density at radius 3 is 1.60 bits per heavy atom. The van der Waals surface area contributed by atoms with Crippen molar-refractivity contribution in [2.45, 2.75) is 38.5 Å². The molecule has 0 saturated heterocycles. The second-order valence-corrected chi connectivity index (χ2v) is 15.8. The van der Waals surface area contributed by atoms with E-state index in [1.54, 1.807) is 0 Å². The molecule has 254 valence electrons. The molecule has 8 aromatic rings. The minimum atomic E-state index is -0.0729. The highest BCUT2D eigenvalue weighted by molar-refractivity contribution is 5.99. The first kappa shape index (κ1) is 31.5. The van der Waals surface area contributed by atoms with E-state index in [2.05, 4.69) is 209 Å². The highest BCUT2D eigenvalue weighted by Gasteiger charge is 2.37. The zero-order valence-electron chi connectivity index (χ0n) is 30.7. The van der Waals surface area contributed by atoms with Crippen molar-refractivity contribution in [1.82, 2.24) is 0 Å². The lowest BCUT2D eigenvalue weighted by Crippen LogP contribution is -2.16. The molecule has 0 fully saturated rings. The monoisotopic (exact) mass is 679 g/mol.